The second-order valence-electron chi connectivity index (χ2n) is 4.74. The molecule has 3 rings (SSSR count). The van der Waals surface area contributed by atoms with Gasteiger partial charge in [-0.1, -0.05) is 0 Å². The third-order valence-corrected chi connectivity index (χ3v) is 3.52. The largest absolute Gasteiger partial charge is 0.354 e. The van der Waals surface area contributed by atoms with Crippen molar-refractivity contribution in [2.75, 3.05) is 18.0 Å². The summed E-state index contributed by atoms with van der Waals surface area (Å²) in [5.74, 6) is -1.89. The lowest BCUT2D eigenvalue weighted by molar-refractivity contribution is -0.0221. The van der Waals surface area contributed by atoms with Crippen LogP contribution in [-0.2, 0) is 6.54 Å². The van der Waals surface area contributed by atoms with E-state index in [1.54, 1.807) is 6.33 Å². The van der Waals surface area contributed by atoms with Gasteiger partial charge in [-0.15, -0.1) is 0 Å². The maximum Gasteiger partial charge on any atom is 0.251 e. The fourth-order valence-electron chi connectivity index (χ4n) is 2.38. The zero-order chi connectivity index (χ0) is 13.5. The van der Waals surface area contributed by atoms with Crippen LogP contribution in [0.25, 0.3) is 11.2 Å². The van der Waals surface area contributed by atoms with E-state index >= 15 is 0 Å². The minimum absolute atomic E-state index is 0.132. The molecule has 0 unspecified atom stereocenters. The smallest absolute Gasteiger partial charge is 0.251 e. The van der Waals surface area contributed by atoms with Gasteiger partial charge in [0.15, 0.2) is 17.0 Å². The van der Waals surface area contributed by atoms with E-state index in [9.17, 15) is 8.78 Å². The first-order valence-corrected chi connectivity index (χ1v) is 6.39. The first-order valence-electron chi connectivity index (χ1n) is 6.39. The predicted molar refractivity (Wildman–Crippen MR) is 67.4 cm³/mol. The molecule has 0 aromatic carbocycles. The third-order valence-electron chi connectivity index (χ3n) is 3.52. The Labute approximate surface area is 109 Å². The van der Waals surface area contributed by atoms with Gasteiger partial charge in [-0.3, -0.25) is 0 Å². The van der Waals surface area contributed by atoms with E-state index in [2.05, 4.69) is 15.0 Å². The SMILES string of the molecule is CCn1cnc2c(N3CCC(F)(F)CC3)ncnc21. The van der Waals surface area contributed by atoms with E-state index < -0.39 is 5.92 Å². The zero-order valence-electron chi connectivity index (χ0n) is 10.7. The Morgan fingerprint density at radius 3 is 2.63 bits per heavy atom. The lowest BCUT2D eigenvalue weighted by Gasteiger charge is -2.32. The van der Waals surface area contributed by atoms with Crippen LogP contribution in [0.2, 0.25) is 0 Å². The zero-order valence-corrected chi connectivity index (χ0v) is 10.7. The predicted octanol–water partition coefficient (Wildman–Crippen LogP) is 2.08. The maximum atomic E-state index is 13.2. The highest BCUT2D eigenvalue weighted by Gasteiger charge is 2.35. The van der Waals surface area contributed by atoms with Crippen LogP contribution >= 0.6 is 0 Å². The molecule has 1 aliphatic rings. The topological polar surface area (TPSA) is 46.8 Å². The van der Waals surface area contributed by atoms with Gasteiger partial charge >= 0.3 is 0 Å². The summed E-state index contributed by atoms with van der Waals surface area (Å²) in [5.41, 5.74) is 1.44. The molecule has 1 fully saturated rings. The molecule has 0 amide bonds. The van der Waals surface area contributed by atoms with E-state index in [0.29, 0.717) is 24.4 Å². The first kappa shape index (κ1) is 12.3. The second kappa shape index (κ2) is 4.40. The minimum Gasteiger partial charge on any atom is -0.354 e. The fourth-order valence-corrected chi connectivity index (χ4v) is 2.38. The van der Waals surface area contributed by atoms with Gasteiger partial charge in [0.25, 0.3) is 5.92 Å². The number of hydrogen-bond donors (Lipinski definition) is 0. The van der Waals surface area contributed by atoms with E-state index in [4.69, 9.17) is 0 Å². The molecule has 5 nitrogen and oxygen atoms in total. The Morgan fingerprint density at radius 1 is 1.21 bits per heavy atom. The quantitative estimate of drug-likeness (QED) is 0.835. The molecular weight excluding hydrogens is 252 g/mol. The van der Waals surface area contributed by atoms with Gasteiger partial charge in [-0.05, 0) is 6.92 Å². The molecule has 0 atom stereocenters. The number of halogens is 2. The van der Waals surface area contributed by atoms with E-state index in [1.165, 1.54) is 6.33 Å². The van der Waals surface area contributed by atoms with Gasteiger partial charge in [-0.2, -0.15) is 0 Å². The second-order valence-corrected chi connectivity index (χ2v) is 4.74. The van der Waals surface area contributed by atoms with E-state index in [1.807, 2.05) is 16.4 Å². The van der Waals surface area contributed by atoms with Crippen molar-refractivity contribution in [2.24, 2.45) is 0 Å². The molecule has 1 saturated heterocycles. The molecule has 102 valence electrons. The van der Waals surface area contributed by atoms with Crippen molar-refractivity contribution in [3.8, 4) is 0 Å². The van der Waals surface area contributed by atoms with Crippen LogP contribution in [0.15, 0.2) is 12.7 Å². The highest BCUT2D eigenvalue weighted by molar-refractivity contribution is 5.83. The average Bonchev–Trinajstić information content (AvgIpc) is 2.82. The average molecular weight is 267 g/mol. The molecule has 7 heteroatoms. The number of aryl methyl sites for hydroxylation is 1. The van der Waals surface area contributed by atoms with Gasteiger partial charge in [0.1, 0.15) is 6.33 Å². The number of aromatic nitrogens is 4. The van der Waals surface area contributed by atoms with Gasteiger partial charge in [0.2, 0.25) is 0 Å². The number of piperidine rings is 1. The number of anilines is 1. The highest BCUT2D eigenvalue weighted by Crippen LogP contribution is 2.31. The van der Waals surface area contributed by atoms with Crippen molar-refractivity contribution in [1.82, 2.24) is 19.5 Å². The van der Waals surface area contributed by atoms with Crippen molar-refractivity contribution < 1.29 is 8.78 Å². The number of hydrogen-bond acceptors (Lipinski definition) is 4. The van der Waals surface area contributed by atoms with Crippen LogP contribution in [0.4, 0.5) is 14.6 Å². The van der Waals surface area contributed by atoms with Gasteiger partial charge in [-0.25, -0.2) is 23.7 Å². The van der Waals surface area contributed by atoms with Gasteiger partial charge < -0.3 is 9.47 Å². The van der Waals surface area contributed by atoms with Crippen molar-refractivity contribution in [3.63, 3.8) is 0 Å². The normalized spacial score (nSPS) is 19.0. The minimum atomic E-state index is -2.55. The Morgan fingerprint density at radius 2 is 1.95 bits per heavy atom. The van der Waals surface area contributed by atoms with Gasteiger partial charge in [0.05, 0.1) is 6.33 Å². The number of rotatable bonds is 2. The number of alkyl halides is 2. The summed E-state index contributed by atoms with van der Waals surface area (Å²) in [7, 11) is 0. The molecule has 0 N–H and O–H groups in total. The van der Waals surface area contributed by atoms with Crippen LogP contribution in [0, 0.1) is 0 Å². The summed E-state index contributed by atoms with van der Waals surface area (Å²) in [6, 6.07) is 0. The van der Waals surface area contributed by atoms with Crippen LogP contribution in [0.5, 0.6) is 0 Å². The standard InChI is InChI=1S/C12H15F2N5/c1-2-18-8-17-9-10(18)15-7-16-11(9)19-5-3-12(13,14)4-6-19/h7-8H,2-6H2,1H3. The van der Waals surface area contributed by atoms with Crippen LogP contribution in [-0.4, -0.2) is 38.5 Å². The Kier molecular flexibility index (Phi) is 2.83. The molecule has 0 aliphatic carbocycles. The maximum absolute atomic E-state index is 13.2. The van der Waals surface area contributed by atoms with Crippen molar-refractivity contribution in [2.45, 2.75) is 32.2 Å². The molecule has 19 heavy (non-hydrogen) atoms. The van der Waals surface area contributed by atoms with Crippen molar-refractivity contribution in [1.29, 1.82) is 0 Å². The molecule has 0 spiro atoms. The fraction of sp³-hybridized carbons (Fsp3) is 0.583. The monoisotopic (exact) mass is 267 g/mol. The Balaban J connectivity index is 1.95. The first-order chi connectivity index (χ1) is 9.11. The molecule has 1 aliphatic heterocycles. The summed E-state index contributed by atoms with van der Waals surface area (Å²) in [6.45, 7) is 3.38. The Bertz CT molecular complexity index is 585. The van der Waals surface area contributed by atoms with Crippen LogP contribution < -0.4 is 4.90 Å². The highest BCUT2D eigenvalue weighted by atomic mass is 19.3. The number of fused-ring (bicyclic) bond motifs is 1. The van der Waals surface area contributed by atoms with E-state index in [0.717, 1.165) is 12.2 Å². The number of imidazole rings is 1. The molecular formula is C12H15F2N5. The Hall–Kier alpha value is -1.79. The molecule has 0 radical (unpaired) electrons. The third kappa shape index (κ3) is 2.13. The molecule has 0 bridgehead atoms. The summed E-state index contributed by atoms with van der Waals surface area (Å²) < 4.78 is 28.3. The molecule has 2 aromatic heterocycles. The molecule has 2 aromatic rings. The summed E-state index contributed by atoms with van der Waals surface area (Å²) in [5, 5.41) is 0. The summed E-state index contributed by atoms with van der Waals surface area (Å²) in [6.07, 6.45) is 2.92. The van der Waals surface area contributed by atoms with Crippen LogP contribution in [0.3, 0.4) is 0 Å². The number of nitrogens with zero attached hydrogens (tertiary/aromatic N) is 5. The lowest BCUT2D eigenvalue weighted by Crippen LogP contribution is -2.39. The van der Waals surface area contributed by atoms with E-state index in [-0.39, 0.29) is 12.8 Å². The summed E-state index contributed by atoms with van der Waals surface area (Å²) >= 11 is 0. The lowest BCUT2D eigenvalue weighted by atomic mass is 10.1. The molecule has 3 heterocycles. The summed E-state index contributed by atoms with van der Waals surface area (Å²) in [4.78, 5) is 14.6. The van der Waals surface area contributed by atoms with Crippen LogP contribution in [0.1, 0.15) is 19.8 Å². The van der Waals surface area contributed by atoms with Crippen molar-refractivity contribution >= 4 is 17.0 Å². The van der Waals surface area contributed by atoms with Crippen molar-refractivity contribution in [3.05, 3.63) is 12.7 Å². The van der Waals surface area contributed by atoms with Gasteiger partial charge in [0, 0.05) is 32.5 Å². The molecule has 0 saturated carbocycles.